The predicted molar refractivity (Wildman–Crippen MR) is 130 cm³/mol. The molecule has 0 amide bonds. The van der Waals surface area contributed by atoms with Crippen LogP contribution in [0.4, 0.5) is 11.6 Å². The van der Waals surface area contributed by atoms with Crippen LogP contribution in [0.25, 0.3) is 10.8 Å². The molecule has 3 heterocycles. The molecule has 8 heteroatoms. The molecule has 2 aromatic heterocycles. The smallest absolute Gasteiger partial charge is 0.166 e. The van der Waals surface area contributed by atoms with Gasteiger partial charge in [-0.25, -0.2) is 9.97 Å². The summed E-state index contributed by atoms with van der Waals surface area (Å²) in [5.74, 6) is 1.14. The lowest BCUT2D eigenvalue weighted by Gasteiger charge is -2.32. The average molecular weight is 453 g/mol. The monoisotopic (exact) mass is 452 g/mol. The molecule has 168 valence electrons. The average Bonchev–Trinajstić information content (AvgIpc) is 2.80. The summed E-state index contributed by atoms with van der Waals surface area (Å²) in [4.78, 5) is 26.3. The second kappa shape index (κ2) is 10.3. The van der Waals surface area contributed by atoms with Crippen LogP contribution < -0.4 is 11.1 Å². The Morgan fingerprint density at radius 1 is 1.16 bits per heavy atom. The van der Waals surface area contributed by atoms with Gasteiger partial charge in [0.25, 0.3) is 0 Å². The van der Waals surface area contributed by atoms with Gasteiger partial charge in [0.1, 0.15) is 11.6 Å². The second-order valence-corrected chi connectivity index (χ2v) is 8.73. The SMILES string of the molecule is CN1CCN(CCNc2ncc(Cl)cc2C(=O)CCc2ccc3c(N)nccc3c2)CC1. The van der Waals surface area contributed by atoms with Crippen LogP contribution in [0.2, 0.25) is 5.02 Å². The molecule has 0 aliphatic carbocycles. The van der Waals surface area contributed by atoms with Crippen molar-refractivity contribution in [3.8, 4) is 0 Å². The summed E-state index contributed by atoms with van der Waals surface area (Å²) in [5, 5.41) is 5.76. The van der Waals surface area contributed by atoms with Crippen molar-refractivity contribution in [3.63, 3.8) is 0 Å². The third kappa shape index (κ3) is 5.54. The van der Waals surface area contributed by atoms with Crippen LogP contribution in [0.1, 0.15) is 22.3 Å². The highest BCUT2D eigenvalue weighted by molar-refractivity contribution is 6.31. The zero-order valence-electron chi connectivity index (χ0n) is 18.4. The van der Waals surface area contributed by atoms with E-state index in [1.54, 1.807) is 18.5 Å². The van der Waals surface area contributed by atoms with Gasteiger partial charge in [0.2, 0.25) is 0 Å². The summed E-state index contributed by atoms with van der Waals surface area (Å²) >= 11 is 6.15. The van der Waals surface area contributed by atoms with Crippen molar-refractivity contribution in [2.75, 3.05) is 57.4 Å². The predicted octanol–water partition coefficient (Wildman–Crippen LogP) is 3.34. The van der Waals surface area contributed by atoms with Crippen molar-refractivity contribution < 1.29 is 4.79 Å². The topological polar surface area (TPSA) is 87.4 Å². The molecule has 3 aromatic rings. The van der Waals surface area contributed by atoms with Gasteiger partial charge in [0, 0.05) is 63.5 Å². The van der Waals surface area contributed by atoms with Crippen LogP contribution in [0.3, 0.4) is 0 Å². The third-order valence-electron chi connectivity index (χ3n) is 5.97. The summed E-state index contributed by atoms with van der Waals surface area (Å²) in [7, 11) is 2.15. The molecule has 32 heavy (non-hydrogen) atoms. The number of pyridine rings is 2. The Kier molecular flexibility index (Phi) is 7.19. The molecule has 7 nitrogen and oxygen atoms in total. The standard InChI is InChI=1S/C24H29ClN6O/c1-30-10-12-31(13-11-30)9-8-28-24-21(15-19(25)16-29-24)22(32)5-3-17-2-4-20-18(14-17)6-7-27-23(20)26/h2,4,6-7,14-16H,3,5,8-13H2,1H3,(H2,26,27)(H,28,29). The molecular weight excluding hydrogens is 424 g/mol. The Balaban J connectivity index is 1.38. The van der Waals surface area contributed by atoms with Gasteiger partial charge in [-0.2, -0.15) is 0 Å². The minimum Gasteiger partial charge on any atom is -0.383 e. The largest absolute Gasteiger partial charge is 0.383 e. The second-order valence-electron chi connectivity index (χ2n) is 8.30. The highest BCUT2D eigenvalue weighted by Crippen LogP contribution is 2.23. The van der Waals surface area contributed by atoms with E-state index >= 15 is 0 Å². The normalized spacial score (nSPS) is 15.2. The number of nitrogens with one attached hydrogen (secondary N) is 1. The summed E-state index contributed by atoms with van der Waals surface area (Å²) < 4.78 is 0. The molecule has 1 aliphatic rings. The maximum absolute atomic E-state index is 13.0. The molecule has 1 aromatic carbocycles. The van der Waals surface area contributed by atoms with Crippen LogP contribution in [0.15, 0.2) is 42.7 Å². The molecule has 1 fully saturated rings. The number of Topliss-reactive ketones (excluding diaryl/α,β-unsaturated/α-hetero) is 1. The lowest BCUT2D eigenvalue weighted by Crippen LogP contribution is -2.45. The number of benzene rings is 1. The van der Waals surface area contributed by atoms with Crippen LogP contribution >= 0.6 is 11.6 Å². The lowest BCUT2D eigenvalue weighted by molar-refractivity contribution is 0.0983. The van der Waals surface area contributed by atoms with Gasteiger partial charge >= 0.3 is 0 Å². The van der Waals surface area contributed by atoms with Crippen molar-refractivity contribution >= 4 is 39.8 Å². The van der Waals surface area contributed by atoms with E-state index in [0.717, 1.165) is 55.6 Å². The quantitative estimate of drug-likeness (QED) is 0.507. The van der Waals surface area contributed by atoms with E-state index < -0.39 is 0 Å². The van der Waals surface area contributed by atoms with Gasteiger partial charge in [-0.15, -0.1) is 0 Å². The van der Waals surface area contributed by atoms with Crippen LogP contribution in [-0.2, 0) is 6.42 Å². The number of rotatable bonds is 8. The maximum Gasteiger partial charge on any atom is 0.166 e. The van der Waals surface area contributed by atoms with Crippen LogP contribution in [0, 0.1) is 0 Å². The van der Waals surface area contributed by atoms with Crippen LogP contribution in [0.5, 0.6) is 0 Å². The van der Waals surface area contributed by atoms with Crippen molar-refractivity contribution in [1.82, 2.24) is 19.8 Å². The molecule has 0 bridgehead atoms. The van der Waals surface area contributed by atoms with E-state index in [0.29, 0.717) is 35.1 Å². The number of carbonyl (C=O) groups excluding carboxylic acids is 1. The Morgan fingerprint density at radius 3 is 2.78 bits per heavy atom. The van der Waals surface area contributed by atoms with E-state index in [4.69, 9.17) is 17.3 Å². The number of piperazine rings is 1. The van der Waals surface area contributed by atoms with Gasteiger partial charge < -0.3 is 16.0 Å². The number of hydrogen-bond donors (Lipinski definition) is 2. The zero-order chi connectivity index (χ0) is 22.5. The summed E-state index contributed by atoms with van der Waals surface area (Å²) in [6, 6.07) is 9.66. The number of anilines is 2. The van der Waals surface area contributed by atoms with E-state index in [-0.39, 0.29) is 5.78 Å². The minimum atomic E-state index is 0.0245. The zero-order valence-corrected chi connectivity index (χ0v) is 19.1. The Labute approximate surface area is 193 Å². The Bertz CT molecular complexity index is 1100. The fourth-order valence-corrected chi connectivity index (χ4v) is 4.15. The first-order valence-corrected chi connectivity index (χ1v) is 11.3. The highest BCUT2D eigenvalue weighted by atomic mass is 35.5. The summed E-state index contributed by atoms with van der Waals surface area (Å²) in [5.41, 5.74) is 7.56. The Morgan fingerprint density at radius 2 is 1.97 bits per heavy atom. The Hall–Kier alpha value is -2.74. The van der Waals surface area contributed by atoms with E-state index in [1.807, 2.05) is 18.2 Å². The van der Waals surface area contributed by atoms with Crippen molar-refractivity contribution in [2.45, 2.75) is 12.8 Å². The van der Waals surface area contributed by atoms with Crippen molar-refractivity contribution in [1.29, 1.82) is 0 Å². The number of aromatic nitrogens is 2. The highest BCUT2D eigenvalue weighted by Gasteiger charge is 2.16. The van der Waals surface area contributed by atoms with Gasteiger partial charge in [0.15, 0.2) is 5.78 Å². The molecule has 4 rings (SSSR count). The number of nitrogen functional groups attached to an aromatic ring is 1. The molecular formula is C24H29ClN6O. The number of carbonyl (C=O) groups is 1. The van der Waals surface area contributed by atoms with E-state index in [1.165, 1.54) is 0 Å². The number of fused-ring (bicyclic) bond motifs is 1. The number of hydrogen-bond acceptors (Lipinski definition) is 7. The van der Waals surface area contributed by atoms with Gasteiger partial charge in [0.05, 0.1) is 10.6 Å². The van der Waals surface area contributed by atoms with E-state index in [9.17, 15) is 4.79 Å². The fraction of sp³-hybridized carbons (Fsp3) is 0.375. The van der Waals surface area contributed by atoms with Crippen LogP contribution in [-0.4, -0.2) is 71.9 Å². The first-order valence-electron chi connectivity index (χ1n) is 11.0. The summed E-state index contributed by atoms with van der Waals surface area (Å²) in [6.45, 7) is 5.94. The number of aryl methyl sites for hydroxylation is 1. The molecule has 1 saturated heterocycles. The molecule has 0 radical (unpaired) electrons. The van der Waals surface area contributed by atoms with Crippen molar-refractivity contribution in [3.05, 3.63) is 58.9 Å². The van der Waals surface area contributed by atoms with Gasteiger partial charge in [-0.1, -0.05) is 29.8 Å². The molecule has 0 unspecified atom stereocenters. The number of ketones is 1. The van der Waals surface area contributed by atoms with Gasteiger partial charge in [-0.3, -0.25) is 9.69 Å². The first kappa shape index (κ1) is 22.5. The third-order valence-corrected chi connectivity index (χ3v) is 6.18. The molecule has 1 aliphatic heterocycles. The minimum absolute atomic E-state index is 0.0245. The number of nitrogens with zero attached hydrogens (tertiary/aromatic N) is 4. The summed E-state index contributed by atoms with van der Waals surface area (Å²) in [6.07, 6.45) is 4.29. The lowest BCUT2D eigenvalue weighted by atomic mass is 10.0. The number of nitrogens with two attached hydrogens (primary N) is 1. The van der Waals surface area contributed by atoms with Crippen molar-refractivity contribution in [2.24, 2.45) is 0 Å². The molecule has 0 atom stereocenters. The van der Waals surface area contributed by atoms with E-state index in [2.05, 4.69) is 38.2 Å². The molecule has 3 N–H and O–H groups in total. The maximum atomic E-state index is 13.0. The first-order chi connectivity index (χ1) is 15.5. The molecule has 0 saturated carbocycles. The fourth-order valence-electron chi connectivity index (χ4n) is 4.00. The van der Waals surface area contributed by atoms with Gasteiger partial charge in [-0.05, 0) is 36.6 Å². The number of likely N-dealkylation sites (N-methyl/N-ethyl adjacent to an activating group) is 1. The molecule has 0 spiro atoms. The number of halogens is 1.